The van der Waals surface area contributed by atoms with Crippen LogP contribution in [-0.4, -0.2) is 46.5 Å². The van der Waals surface area contributed by atoms with E-state index in [-0.39, 0.29) is 23.6 Å². The van der Waals surface area contributed by atoms with E-state index in [2.05, 4.69) is 10.5 Å². The molecule has 0 atom stereocenters. The average Bonchev–Trinajstić information content (AvgIpc) is 2.88. The monoisotopic (exact) mass is 478 g/mol. The molecule has 1 amide bonds. The van der Waals surface area contributed by atoms with Crippen LogP contribution in [0.15, 0.2) is 65.8 Å². The van der Waals surface area contributed by atoms with Crippen LogP contribution in [0.2, 0.25) is 0 Å². The average molecular weight is 479 g/mol. The quantitative estimate of drug-likeness (QED) is 0.205. The zero-order valence-electron chi connectivity index (χ0n) is 19.9. The molecule has 35 heavy (non-hydrogen) atoms. The second-order valence-electron chi connectivity index (χ2n) is 7.17. The molecule has 0 aromatic heterocycles. The minimum Gasteiger partial charge on any atom is -0.493 e. The fourth-order valence-electron chi connectivity index (χ4n) is 3.21. The number of methoxy groups -OCH3 is 4. The summed E-state index contributed by atoms with van der Waals surface area (Å²) in [6.07, 6.45) is 1.69. The van der Waals surface area contributed by atoms with Gasteiger partial charge in [0.1, 0.15) is 0 Å². The Morgan fingerprint density at radius 1 is 0.800 bits per heavy atom. The van der Waals surface area contributed by atoms with Gasteiger partial charge in [-0.3, -0.25) is 4.79 Å². The molecule has 0 bridgehead atoms. The number of hydrogen-bond acceptors (Lipinski definition) is 8. The second kappa shape index (κ2) is 12.1. The lowest BCUT2D eigenvalue weighted by molar-refractivity contribution is -0.120. The molecule has 182 valence electrons. The number of rotatable bonds is 10. The number of carbonyl (C=O) groups is 2. The van der Waals surface area contributed by atoms with Crippen LogP contribution in [0.1, 0.15) is 21.5 Å². The van der Waals surface area contributed by atoms with Crippen molar-refractivity contribution >= 4 is 18.1 Å². The van der Waals surface area contributed by atoms with Crippen molar-refractivity contribution in [1.82, 2.24) is 5.43 Å². The van der Waals surface area contributed by atoms with Crippen molar-refractivity contribution in [2.45, 2.75) is 6.42 Å². The predicted molar refractivity (Wildman–Crippen MR) is 130 cm³/mol. The van der Waals surface area contributed by atoms with Crippen molar-refractivity contribution in [3.63, 3.8) is 0 Å². The number of benzene rings is 3. The molecule has 3 aromatic rings. The Morgan fingerprint density at radius 2 is 1.46 bits per heavy atom. The molecule has 0 aliphatic heterocycles. The van der Waals surface area contributed by atoms with E-state index in [4.69, 9.17) is 23.7 Å². The minimum absolute atomic E-state index is 0.202. The maximum atomic E-state index is 12.8. The molecule has 0 saturated heterocycles. The Balaban J connectivity index is 1.70. The third-order valence-electron chi connectivity index (χ3n) is 4.90. The summed E-state index contributed by atoms with van der Waals surface area (Å²) in [6, 6.07) is 17.2. The van der Waals surface area contributed by atoms with E-state index in [1.54, 1.807) is 18.2 Å². The summed E-state index contributed by atoms with van der Waals surface area (Å²) >= 11 is 0. The third kappa shape index (κ3) is 6.50. The summed E-state index contributed by atoms with van der Waals surface area (Å²) in [5, 5.41) is 3.98. The number of ether oxygens (including phenoxy) is 5. The van der Waals surface area contributed by atoms with E-state index < -0.39 is 5.97 Å². The predicted octanol–water partition coefficient (Wildman–Crippen LogP) is 3.63. The number of hydrazone groups is 1. The summed E-state index contributed by atoms with van der Waals surface area (Å²) in [5.41, 5.74) is 4.21. The van der Waals surface area contributed by atoms with Crippen molar-refractivity contribution in [2.75, 3.05) is 28.4 Å². The van der Waals surface area contributed by atoms with Crippen LogP contribution in [-0.2, 0) is 11.2 Å². The van der Waals surface area contributed by atoms with Crippen molar-refractivity contribution in [1.29, 1.82) is 0 Å². The van der Waals surface area contributed by atoms with Gasteiger partial charge in [0.2, 0.25) is 11.7 Å². The van der Waals surface area contributed by atoms with Gasteiger partial charge in [-0.15, -0.1) is 0 Å². The van der Waals surface area contributed by atoms with Gasteiger partial charge >= 0.3 is 5.97 Å². The first-order valence-corrected chi connectivity index (χ1v) is 10.5. The lowest BCUT2D eigenvalue weighted by Crippen LogP contribution is -2.19. The molecular weight excluding hydrogens is 452 g/mol. The van der Waals surface area contributed by atoms with E-state index in [1.165, 1.54) is 46.8 Å². The number of nitrogens with one attached hydrogen (secondary N) is 1. The van der Waals surface area contributed by atoms with E-state index >= 15 is 0 Å². The Hall–Kier alpha value is -4.53. The largest absolute Gasteiger partial charge is 0.493 e. The number of carbonyl (C=O) groups excluding carboxylic acids is 2. The van der Waals surface area contributed by atoms with Crippen LogP contribution in [0.3, 0.4) is 0 Å². The standard InChI is InChI=1S/C26H26N2O7/c1-31-21-12-18(16-27-28-24(29)13-17-8-6-5-7-9-17)10-11-20(21)35-26(30)19-14-22(32-2)25(34-4)23(15-19)33-3/h5-12,14-16H,13H2,1-4H3,(H,28,29). The molecule has 0 radical (unpaired) electrons. The maximum Gasteiger partial charge on any atom is 0.343 e. The van der Waals surface area contributed by atoms with Crippen LogP contribution >= 0.6 is 0 Å². The third-order valence-corrected chi connectivity index (χ3v) is 4.90. The van der Waals surface area contributed by atoms with E-state index in [1.807, 2.05) is 30.3 Å². The summed E-state index contributed by atoms with van der Waals surface area (Å²) in [6.45, 7) is 0. The van der Waals surface area contributed by atoms with Crippen molar-refractivity contribution in [3.8, 4) is 28.7 Å². The summed E-state index contributed by atoms with van der Waals surface area (Å²) in [4.78, 5) is 24.8. The first-order valence-electron chi connectivity index (χ1n) is 10.5. The lowest BCUT2D eigenvalue weighted by Gasteiger charge is -2.14. The molecular formula is C26H26N2O7. The number of nitrogens with zero attached hydrogens (tertiary/aromatic N) is 1. The Bertz CT molecular complexity index is 1180. The Kier molecular flexibility index (Phi) is 8.66. The van der Waals surface area contributed by atoms with Gasteiger partial charge < -0.3 is 23.7 Å². The lowest BCUT2D eigenvalue weighted by atomic mass is 10.1. The van der Waals surface area contributed by atoms with Crippen LogP contribution < -0.4 is 29.1 Å². The number of hydrogen-bond donors (Lipinski definition) is 1. The van der Waals surface area contributed by atoms with Crippen molar-refractivity contribution in [2.24, 2.45) is 5.10 Å². The van der Waals surface area contributed by atoms with Gasteiger partial charge in [-0.1, -0.05) is 30.3 Å². The zero-order chi connectivity index (χ0) is 25.2. The van der Waals surface area contributed by atoms with E-state index in [0.717, 1.165) is 5.56 Å². The van der Waals surface area contributed by atoms with Gasteiger partial charge in [-0.05, 0) is 41.5 Å². The molecule has 0 saturated carbocycles. The summed E-state index contributed by atoms with van der Waals surface area (Å²) in [5.74, 6) is 0.649. The fraction of sp³-hybridized carbons (Fsp3) is 0.192. The van der Waals surface area contributed by atoms with Crippen molar-refractivity contribution < 1.29 is 33.3 Å². The van der Waals surface area contributed by atoms with Gasteiger partial charge in [-0.25, -0.2) is 10.2 Å². The van der Waals surface area contributed by atoms with Crippen LogP contribution in [0.4, 0.5) is 0 Å². The first-order chi connectivity index (χ1) is 17.0. The summed E-state index contributed by atoms with van der Waals surface area (Å²) < 4.78 is 26.7. The first kappa shape index (κ1) is 25.1. The van der Waals surface area contributed by atoms with Gasteiger partial charge in [0.15, 0.2) is 23.0 Å². The van der Waals surface area contributed by atoms with Gasteiger partial charge in [0.25, 0.3) is 0 Å². The van der Waals surface area contributed by atoms with Gasteiger partial charge in [0, 0.05) is 0 Å². The SMILES string of the molecule is COc1cc(C=NNC(=O)Cc2ccccc2)ccc1OC(=O)c1cc(OC)c(OC)c(OC)c1. The number of esters is 1. The Labute approximate surface area is 203 Å². The molecule has 3 aromatic carbocycles. The highest BCUT2D eigenvalue weighted by Gasteiger charge is 2.19. The van der Waals surface area contributed by atoms with Gasteiger partial charge in [-0.2, -0.15) is 5.10 Å². The van der Waals surface area contributed by atoms with E-state index in [9.17, 15) is 9.59 Å². The normalized spacial score (nSPS) is 10.5. The molecule has 9 nitrogen and oxygen atoms in total. The molecule has 9 heteroatoms. The fourth-order valence-corrected chi connectivity index (χ4v) is 3.21. The van der Waals surface area contributed by atoms with Crippen LogP contribution in [0, 0.1) is 0 Å². The zero-order valence-corrected chi connectivity index (χ0v) is 19.9. The highest BCUT2D eigenvalue weighted by Crippen LogP contribution is 2.38. The molecule has 0 aliphatic rings. The molecule has 0 fully saturated rings. The molecule has 0 spiro atoms. The van der Waals surface area contributed by atoms with Crippen LogP contribution in [0.25, 0.3) is 0 Å². The summed E-state index contributed by atoms with van der Waals surface area (Å²) in [7, 11) is 5.84. The number of amides is 1. The molecule has 3 rings (SSSR count). The highest BCUT2D eigenvalue weighted by molar-refractivity contribution is 5.93. The smallest absolute Gasteiger partial charge is 0.343 e. The van der Waals surface area contributed by atoms with Crippen molar-refractivity contribution in [3.05, 3.63) is 77.4 Å². The topological polar surface area (TPSA) is 105 Å². The molecule has 0 heterocycles. The minimum atomic E-state index is -0.642. The van der Waals surface area contributed by atoms with Gasteiger partial charge in [0.05, 0.1) is 46.6 Å². The van der Waals surface area contributed by atoms with E-state index in [0.29, 0.717) is 28.6 Å². The van der Waals surface area contributed by atoms with Crippen LogP contribution in [0.5, 0.6) is 28.7 Å². The molecule has 0 aliphatic carbocycles. The molecule has 1 N–H and O–H groups in total. The highest BCUT2D eigenvalue weighted by atomic mass is 16.6. The Morgan fingerprint density at radius 3 is 2.06 bits per heavy atom. The molecule has 0 unspecified atom stereocenters. The second-order valence-corrected chi connectivity index (χ2v) is 7.17. The maximum absolute atomic E-state index is 12.8.